The van der Waals surface area contributed by atoms with E-state index in [9.17, 15) is 20.1 Å². The van der Waals surface area contributed by atoms with Crippen molar-refractivity contribution >= 4 is 11.6 Å². The summed E-state index contributed by atoms with van der Waals surface area (Å²) in [7, 11) is 0. The van der Waals surface area contributed by atoms with Gasteiger partial charge in [0.25, 0.3) is 5.91 Å². The fourth-order valence-corrected chi connectivity index (χ4v) is 2.89. The summed E-state index contributed by atoms with van der Waals surface area (Å²) in [6, 6.07) is 21.2. The van der Waals surface area contributed by atoms with Crippen LogP contribution in [0.2, 0.25) is 0 Å². The zero-order chi connectivity index (χ0) is 20.1. The number of rotatable bonds is 5. The molecule has 3 aromatic rings. The van der Waals surface area contributed by atoms with Crippen LogP contribution in [0.5, 0.6) is 11.5 Å². The van der Waals surface area contributed by atoms with Gasteiger partial charge in [0.1, 0.15) is 11.5 Å². The molecule has 3 rings (SSSR count). The van der Waals surface area contributed by atoms with Crippen molar-refractivity contribution in [3.05, 3.63) is 95.6 Å². The molecule has 0 atom stereocenters. The predicted octanol–water partition coefficient (Wildman–Crippen LogP) is 2.87. The maximum absolute atomic E-state index is 13.0. The van der Waals surface area contributed by atoms with Gasteiger partial charge >= 0.3 is 0 Å². The highest BCUT2D eigenvalue weighted by Gasteiger charge is 2.39. The Morgan fingerprint density at radius 2 is 1.43 bits per heavy atom. The zero-order valence-electron chi connectivity index (χ0n) is 15.2. The van der Waals surface area contributed by atoms with Crippen molar-refractivity contribution in [3.63, 3.8) is 0 Å². The van der Waals surface area contributed by atoms with Gasteiger partial charge in [-0.15, -0.1) is 0 Å². The molecule has 3 aromatic carbocycles. The van der Waals surface area contributed by atoms with E-state index in [4.69, 9.17) is 0 Å². The van der Waals surface area contributed by atoms with Crippen LogP contribution in [0.4, 0.5) is 0 Å². The number of nitrogens with zero attached hydrogens (tertiary/aromatic N) is 1. The molecule has 0 aliphatic carbocycles. The van der Waals surface area contributed by atoms with E-state index >= 15 is 0 Å². The van der Waals surface area contributed by atoms with Gasteiger partial charge in [0, 0.05) is 11.6 Å². The van der Waals surface area contributed by atoms with Crippen molar-refractivity contribution in [1.29, 1.82) is 0 Å². The third kappa shape index (κ3) is 3.72. The first-order chi connectivity index (χ1) is 13.4. The Morgan fingerprint density at radius 1 is 0.893 bits per heavy atom. The molecule has 0 saturated carbocycles. The summed E-state index contributed by atoms with van der Waals surface area (Å²) in [5.41, 5.74) is 1.91. The van der Waals surface area contributed by atoms with Crippen molar-refractivity contribution < 1.29 is 20.1 Å². The molecular formula is C22H20N2O4. The van der Waals surface area contributed by atoms with Crippen molar-refractivity contribution in [2.45, 2.75) is 12.5 Å². The van der Waals surface area contributed by atoms with Gasteiger partial charge in [-0.05, 0) is 30.2 Å². The largest absolute Gasteiger partial charge is 0.508 e. The van der Waals surface area contributed by atoms with Crippen molar-refractivity contribution in [2.24, 2.45) is 5.10 Å². The molecule has 6 nitrogen and oxygen atoms in total. The van der Waals surface area contributed by atoms with Gasteiger partial charge in [0.2, 0.25) is 0 Å². The number of hydrazone groups is 1. The number of phenols is 2. The van der Waals surface area contributed by atoms with E-state index in [2.05, 4.69) is 10.5 Å². The van der Waals surface area contributed by atoms with Crippen LogP contribution < -0.4 is 5.43 Å². The number of aliphatic hydroxyl groups is 1. The number of amides is 1. The average Bonchev–Trinajstić information content (AvgIpc) is 2.72. The summed E-state index contributed by atoms with van der Waals surface area (Å²) >= 11 is 0. The van der Waals surface area contributed by atoms with Gasteiger partial charge in [-0.25, -0.2) is 5.43 Å². The van der Waals surface area contributed by atoms with E-state index in [-0.39, 0.29) is 11.5 Å². The van der Waals surface area contributed by atoms with Gasteiger partial charge in [-0.2, -0.15) is 5.10 Å². The van der Waals surface area contributed by atoms with Crippen LogP contribution in [0.15, 0.2) is 84.0 Å². The molecule has 4 N–H and O–H groups in total. The number of benzene rings is 3. The fourth-order valence-electron chi connectivity index (χ4n) is 2.89. The maximum atomic E-state index is 13.0. The number of nitrogens with one attached hydrogen (secondary N) is 1. The first-order valence-electron chi connectivity index (χ1n) is 8.63. The molecule has 0 bridgehead atoms. The number of hydrogen-bond acceptors (Lipinski definition) is 5. The minimum Gasteiger partial charge on any atom is -0.508 e. The Balaban J connectivity index is 1.95. The maximum Gasteiger partial charge on any atom is 0.281 e. The number of carbonyl (C=O) groups is 1. The van der Waals surface area contributed by atoms with Crippen molar-refractivity contribution in [2.75, 3.05) is 0 Å². The lowest BCUT2D eigenvalue weighted by molar-refractivity contribution is -0.136. The van der Waals surface area contributed by atoms with Crippen LogP contribution in [-0.2, 0) is 10.4 Å². The highest BCUT2D eigenvalue weighted by atomic mass is 16.3. The molecular weight excluding hydrogens is 356 g/mol. The quantitative estimate of drug-likeness (QED) is 0.406. The van der Waals surface area contributed by atoms with E-state index in [0.717, 1.165) is 0 Å². The summed E-state index contributed by atoms with van der Waals surface area (Å²) in [6.07, 6.45) is 0. The summed E-state index contributed by atoms with van der Waals surface area (Å²) in [5, 5.41) is 34.7. The second-order valence-electron chi connectivity index (χ2n) is 6.28. The molecule has 0 aliphatic rings. The Hall–Kier alpha value is -3.64. The minimum absolute atomic E-state index is 0.0828. The molecule has 0 aliphatic heterocycles. The summed E-state index contributed by atoms with van der Waals surface area (Å²) in [6.45, 7) is 1.59. The highest BCUT2D eigenvalue weighted by Crippen LogP contribution is 2.30. The molecule has 0 fully saturated rings. The third-order valence-corrected chi connectivity index (χ3v) is 4.41. The van der Waals surface area contributed by atoms with Crippen molar-refractivity contribution in [3.8, 4) is 11.5 Å². The predicted molar refractivity (Wildman–Crippen MR) is 106 cm³/mol. The standard InChI is InChI=1S/C22H20N2O4/c1-15(19-13-12-18(25)14-20(19)26)23-24-21(27)22(28,16-8-4-2-5-9-16)17-10-6-3-7-11-17/h2-14,25-26,28H,1H3,(H,24,27)/b23-15+. The molecule has 6 heteroatoms. The second kappa shape index (κ2) is 7.94. The van der Waals surface area contributed by atoms with Crippen LogP contribution in [0.25, 0.3) is 0 Å². The molecule has 142 valence electrons. The lowest BCUT2D eigenvalue weighted by Crippen LogP contribution is -2.43. The molecule has 0 radical (unpaired) electrons. The number of phenolic OH excluding ortho intramolecular Hbond substituents is 2. The van der Waals surface area contributed by atoms with Crippen LogP contribution in [0.1, 0.15) is 23.6 Å². The van der Waals surface area contributed by atoms with Crippen LogP contribution in [0, 0.1) is 0 Å². The van der Waals surface area contributed by atoms with Gasteiger partial charge in [-0.3, -0.25) is 4.79 Å². The van der Waals surface area contributed by atoms with E-state index in [0.29, 0.717) is 22.4 Å². The topological polar surface area (TPSA) is 102 Å². The second-order valence-corrected chi connectivity index (χ2v) is 6.28. The van der Waals surface area contributed by atoms with Gasteiger partial charge < -0.3 is 15.3 Å². The van der Waals surface area contributed by atoms with Crippen LogP contribution in [-0.4, -0.2) is 26.9 Å². The van der Waals surface area contributed by atoms with E-state index in [1.54, 1.807) is 67.6 Å². The average molecular weight is 376 g/mol. The van der Waals surface area contributed by atoms with Gasteiger partial charge in [0.15, 0.2) is 5.60 Å². The van der Waals surface area contributed by atoms with Crippen LogP contribution >= 0.6 is 0 Å². The summed E-state index contributed by atoms with van der Waals surface area (Å²) in [4.78, 5) is 13.0. The van der Waals surface area contributed by atoms with E-state index < -0.39 is 11.5 Å². The smallest absolute Gasteiger partial charge is 0.281 e. The van der Waals surface area contributed by atoms with Gasteiger partial charge in [0.05, 0.1) is 5.71 Å². The monoisotopic (exact) mass is 376 g/mol. The lowest BCUT2D eigenvalue weighted by atomic mass is 9.85. The lowest BCUT2D eigenvalue weighted by Gasteiger charge is -2.27. The van der Waals surface area contributed by atoms with E-state index in [1.807, 2.05) is 0 Å². The Morgan fingerprint density at radius 3 is 1.93 bits per heavy atom. The Kier molecular flexibility index (Phi) is 5.42. The minimum atomic E-state index is -1.94. The fraction of sp³-hybridized carbons (Fsp3) is 0.0909. The molecule has 1 amide bonds. The Labute approximate surface area is 162 Å². The molecule has 0 aromatic heterocycles. The first kappa shape index (κ1) is 19.1. The highest BCUT2D eigenvalue weighted by molar-refractivity contribution is 6.02. The zero-order valence-corrected chi connectivity index (χ0v) is 15.2. The summed E-state index contributed by atoms with van der Waals surface area (Å²) in [5.74, 6) is -0.986. The summed E-state index contributed by atoms with van der Waals surface area (Å²) < 4.78 is 0. The third-order valence-electron chi connectivity index (χ3n) is 4.41. The van der Waals surface area contributed by atoms with E-state index in [1.165, 1.54) is 18.2 Å². The molecule has 0 spiro atoms. The molecule has 0 saturated heterocycles. The number of aromatic hydroxyl groups is 2. The van der Waals surface area contributed by atoms with Gasteiger partial charge in [-0.1, -0.05) is 60.7 Å². The van der Waals surface area contributed by atoms with Crippen LogP contribution in [0.3, 0.4) is 0 Å². The molecule has 28 heavy (non-hydrogen) atoms. The Bertz CT molecular complexity index is 962. The van der Waals surface area contributed by atoms with Crippen molar-refractivity contribution in [1.82, 2.24) is 5.43 Å². The SMILES string of the molecule is C/C(=N\NC(=O)C(O)(c1ccccc1)c1ccccc1)c1ccc(O)cc1O. The number of hydrogen-bond donors (Lipinski definition) is 4. The first-order valence-corrected chi connectivity index (χ1v) is 8.63. The normalized spacial score (nSPS) is 11.9. The number of carbonyl (C=O) groups excluding carboxylic acids is 1. The molecule has 0 unspecified atom stereocenters. The molecule has 0 heterocycles.